The number of carbonyl (C=O) groups is 2. The van der Waals surface area contributed by atoms with Crippen LogP contribution in [-0.4, -0.2) is 42.5 Å². The molecule has 1 rings (SSSR count). The Morgan fingerprint density at radius 3 is 1.73 bits per heavy atom. The van der Waals surface area contributed by atoms with Crippen LogP contribution in [0.4, 0.5) is 30.7 Å². The smallest absolute Gasteiger partial charge is 0.460 e. The summed E-state index contributed by atoms with van der Waals surface area (Å²) in [7, 11) is 1.32. The van der Waals surface area contributed by atoms with E-state index in [0.29, 0.717) is 5.75 Å². The Morgan fingerprint density at radius 2 is 1.35 bits per heavy atom. The molecule has 0 aliphatic carbocycles. The van der Waals surface area contributed by atoms with E-state index in [-0.39, 0.29) is 5.56 Å². The van der Waals surface area contributed by atoms with Gasteiger partial charge in [-0.2, -0.15) is 30.7 Å². The first-order chi connectivity index (χ1) is 11.6. The fourth-order valence-electron chi connectivity index (χ4n) is 1.74. The van der Waals surface area contributed by atoms with E-state index < -0.39 is 35.4 Å². The summed E-state index contributed by atoms with van der Waals surface area (Å²) in [5, 5.41) is 0. The SMILES string of the molecule is COc1ccc(C(=O)C(C)(C)OC(=O)C(F)(F)C(F)(F)C(F)(F)F)cc1. The molecule has 0 heterocycles. The van der Waals surface area contributed by atoms with Crippen molar-refractivity contribution in [3.63, 3.8) is 0 Å². The first-order valence-electron chi connectivity index (χ1n) is 6.82. The van der Waals surface area contributed by atoms with E-state index in [4.69, 9.17) is 4.74 Å². The molecule has 0 N–H and O–H groups in total. The summed E-state index contributed by atoms with van der Waals surface area (Å²) in [6.45, 7) is 1.55. The fraction of sp³-hybridized carbons (Fsp3) is 0.467. The molecule has 0 fully saturated rings. The summed E-state index contributed by atoms with van der Waals surface area (Å²) in [4.78, 5) is 23.5. The summed E-state index contributed by atoms with van der Waals surface area (Å²) in [6.07, 6.45) is -6.69. The van der Waals surface area contributed by atoms with Crippen LogP contribution in [0.2, 0.25) is 0 Å². The molecule has 11 heteroatoms. The molecule has 0 aromatic heterocycles. The normalized spacial score (nSPS) is 13.3. The monoisotopic (exact) mass is 390 g/mol. The van der Waals surface area contributed by atoms with E-state index in [1.807, 2.05) is 0 Å². The molecule has 146 valence electrons. The lowest BCUT2D eigenvalue weighted by molar-refractivity contribution is -0.349. The highest BCUT2D eigenvalue weighted by Crippen LogP contribution is 2.47. The van der Waals surface area contributed by atoms with Crippen LogP contribution in [0.5, 0.6) is 5.75 Å². The second-order valence-electron chi connectivity index (χ2n) is 5.60. The topological polar surface area (TPSA) is 52.6 Å². The van der Waals surface area contributed by atoms with Gasteiger partial charge in [0.1, 0.15) is 5.75 Å². The van der Waals surface area contributed by atoms with Gasteiger partial charge in [0.05, 0.1) is 7.11 Å². The number of ketones is 1. The summed E-state index contributed by atoms with van der Waals surface area (Å²) in [6, 6.07) is 4.94. The molecule has 0 bridgehead atoms. The zero-order chi connectivity index (χ0) is 20.6. The zero-order valence-corrected chi connectivity index (χ0v) is 13.6. The highest BCUT2D eigenvalue weighted by Gasteiger charge is 2.77. The lowest BCUT2D eigenvalue weighted by Gasteiger charge is -2.30. The number of hydrogen-bond donors (Lipinski definition) is 0. The van der Waals surface area contributed by atoms with Crippen LogP contribution in [0, 0.1) is 0 Å². The standard InChI is InChI=1S/C15H13F7O4/c1-12(2,10(23)8-4-6-9(25-3)7-5-8)26-11(24)13(16,17)14(18,19)15(20,21)22/h4-7H,1-3H3. The van der Waals surface area contributed by atoms with Gasteiger partial charge < -0.3 is 9.47 Å². The molecule has 26 heavy (non-hydrogen) atoms. The number of Topliss-reactive ketones (excluding diaryl/α,β-unsaturated/α-hetero) is 1. The molecule has 4 nitrogen and oxygen atoms in total. The van der Waals surface area contributed by atoms with Crippen molar-refractivity contribution in [2.75, 3.05) is 7.11 Å². The maximum Gasteiger partial charge on any atom is 0.460 e. The molecule has 0 unspecified atom stereocenters. The van der Waals surface area contributed by atoms with Crippen LogP contribution < -0.4 is 4.74 Å². The minimum absolute atomic E-state index is 0.172. The van der Waals surface area contributed by atoms with E-state index >= 15 is 0 Å². The quantitative estimate of drug-likeness (QED) is 0.418. The number of halogens is 7. The number of esters is 1. The van der Waals surface area contributed by atoms with Gasteiger partial charge >= 0.3 is 24.0 Å². The Morgan fingerprint density at radius 1 is 0.885 bits per heavy atom. The second kappa shape index (κ2) is 6.76. The average Bonchev–Trinajstić information content (AvgIpc) is 2.52. The summed E-state index contributed by atoms with van der Waals surface area (Å²) in [5.74, 6) is -16.8. The Labute approximate surface area is 142 Å². The predicted octanol–water partition coefficient (Wildman–Crippen LogP) is 4.03. The van der Waals surface area contributed by atoms with Gasteiger partial charge in [0.2, 0.25) is 5.78 Å². The van der Waals surface area contributed by atoms with Crippen LogP contribution in [0.3, 0.4) is 0 Å². The van der Waals surface area contributed by atoms with Gasteiger partial charge in [-0.25, -0.2) is 4.79 Å². The minimum atomic E-state index is -6.69. The maximum atomic E-state index is 13.3. The molecule has 1 aromatic rings. The lowest BCUT2D eigenvalue weighted by atomic mass is 9.96. The predicted molar refractivity (Wildman–Crippen MR) is 73.4 cm³/mol. The Balaban J connectivity index is 3.07. The van der Waals surface area contributed by atoms with Gasteiger partial charge in [-0.1, -0.05) is 0 Å². The van der Waals surface area contributed by atoms with Gasteiger partial charge in [0, 0.05) is 5.56 Å². The molecule has 0 aliphatic rings. The Bertz CT molecular complexity index is 678. The van der Waals surface area contributed by atoms with Crippen molar-refractivity contribution in [2.45, 2.75) is 37.5 Å². The number of carbonyl (C=O) groups excluding carboxylic acids is 2. The van der Waals surface area contributed by atoms with Crippen molar-refractivity contribution in [1.29, 1.82) is 0 Å². The second-order valence-corrected chi connectivity index (χ2v) is 5.60. The third-order valence-electron chi connectivity index (χ3n) is 3.25. The molecule has 0 aliphatic heterocycles. The maximum absolute atomic E-state index is 13.3. The number of rotatable bonds is 6. The first kappa shape index (κ1) is 21.7. The summed E-state index contributed by atoms with van der Waals surface area (Å²) >= 11 is 0. The van der Waals surface area contributed by atoms with Crippen molar-refractivity contribution in [1.82, 2.24) is 0 Å². The molecule has 0 spiro atoms. The molecule has 0 saturated carbocycles. The Kier molecular flexibility index (Phi) is 5.65. The van der Waals surface area contributed by atoms with E-state index in [2.05, 4.69) is 4.74 Å². The first-order valence-corrected chi connectivity index (χ1v) is 6.82. The largest absolute Gasteiger partial charge is 0.497 e. The van der Waals surface area contributed by atoms with E-state index in [9.17, 15) is 40.3 Å². The van der Waals surface area contributed by atoms with E-state index in [1.165, 1.54) is 31.4 Å². The number of hydrogen-bond acceptors (Lipinski definition) is 4. The van der Waals surface area contributed by atoms with Crippen LogP contribution in [0.25, 0.3) is 0 Å². The Hall–Kier alpha value is -2.33. The highest BCUT2D eigenvalue weighted by molar-refractivity contribution is 6.03. The van der Waals surface area contributed by atoms with Crippen molar-refractivity contribution < 1.29 is 49.8 Å². The molecule has 0 amide bonds. The highest BCUT2D eigenvalue weighted by atomic mass is 19.4. The van der Waals surface area contributed by atoms with Crippen LogP contribution >= 0.6 is 0 Å². The lowest BCUT2D eigenvalue weighted by Crippen LogP contribution is -2.58. The number of ether oxygens (including phenoxy) is 2. The van der Waals surface area contributed by atoms with Crippen molar-refractivity contribution >= 4 is 11.8 Å². The zero-order valence-electron chi connectivity index (χ0n) is 13.6. The molecular formula is C15H13F7O4. The summed E-state index contributed by atoms with van der Waals surface area (Å²) in [5.41, 5.74) is -2.61. The number of methoxy groups -OCH3 is 1. The van der Waals surface area contributed by atoms with Crippen LogP contribution in [0.1, 0.15) is 24.2 Å². The van der Waals surface area contributed by atoms with Gasteiger partial charge in [-0.15, -0.1) is 0 Å². The van der Waals surface area contributed by atoms with Crippen LogP contribution in [0.15, 0.2) is 24.3 Å². The van der Waals surface area contributed by atoms with Gasteiger partial charge in [-0.05, 0) is 38.1 Å². The number of benzene rings is 1. The minimum Gasteiger partial charge on any atom is -0.497 e. The van der Waals surface area contributed by atoms with Crippen molar-refractivity contribution in [3.8, 4) is 5.75 Å². The van der Waals surface area contributed by atoms with E-state index in [1.54, 1.807) is 0 Å². The molecule has 1 aromatic carbocycles. The third-order valence-corrected chi connectivity index (χ3v) is 3.25. The number of alkyl halides is 7. The van der Waals surface area contributed by atoms with E-state index in [0.717, 1.165) is 13.8 Å². The van der Waals surface area contributed by atoms with Gasteiger partial charge in [0.25, 0.3) is 0 Å². The fourth-order valence-corrected chi connectivity index (χ4v) is 1.74. The molecule has 0 atom stereocenters. The van der Waals surface area contributed by atoms with Crippen molar-refractivity contribution in [3.05, 3.63) is 29.8 Å². The van der Waals surface area contributed by atoms with Gasteiger partial charge in [-0.3, -0.25) is 4.79 Å². The molecule has 0 radical (unpaired) electrons. The third kappa shape index (κ3) is 3.91. The van der Waals surface area contributed by atoms with Crippen molar-refractivity contribution in [2.24, 2.45) is 0 Å². The average molecular weight is 390 g/mol. The van der Waals surface area contributed by atoms with Crippen LogP contribution in [-0.2, 0) is 9.53 Å². The summed E-state index contributed by atoms with van der Waals surface area (Å²) < 4.78 is 97.5. The van der Waals surface area contributed by atoms with Gasteiger partial charge in [0.15, 0.2) is 5.60 Å². The molecule has 0 saturated heterocycles. The molecular weight excluding hydrogens is 377 g/mol.